The van der Waals surface area contributed by atoms with Gasteiger partial charge < -0.3 is 19.9 Å². The molecule has 0 amide bonds. The van der Waals surface area contributed by atoms with Crippen LogP contribution in [0.25, 0.3) is 0 Å². The Bertz CT molecular complexity index is 375. The monoisotopic (exact) mass is 295 g/mol. The van der Waals surface area contributed by atoms with Gasteiger partial charge in [-0.05, 0) is 50.8 Å². The third kappa shape index (κ3) is 7.46. The van der Waals surface area contributed by atoms with Crippen LogP contribution in [-0.4, -0.2) is 44.6 Å². The van der Waals surface area contributed by atoms with E-state index in [0.29, 0.717) is 13.2 Å². The summed E-state index contributed by atoms with van der Waals surface area (Å²) in [6.45, 7) is 6.67. The lowest BCUT2D eigenvalue weighted by molar-refractivity contribution is 0.105. The largest absolute Gasteiger partial charge is 0.490 e. The highest BCUT2D eigenvalue weighted by atomic mass is 16.5. The maximum Gasteiger partial charge on any atom is 0.125 e. The molecule has 0 fully saturated rings. The first-order valence-electron chi connectivity index (χ1n) is 7.72. The van der Waals surface area contributed by atoms with E-state index in [-0.39, 0.29) is 0 Å². The Morgan fingerprint density at radius 1 is 1.14 bits per heavy atom. The van der Waals surface area contributed by atoms with Crippen molar-refractivity contribution in [3.05, 3.63) is 29.3 Å². The second kappa shape index (κ2) is 10.6. The SMILES string of the molecule is COCCCCCNCC(O)COc1c(C)cccc1C. The van der Waals surface area contributed by atoms with Crippen molar-refractivity contribution in [2.24, 2.45) is 0 Å². The van der Waals surface area contributed by atoms with Crippen LogP contribution in [0.5, 0.6) is 5.75 Å². The molecule has 0 bridgehead atoms. The second-order valence-corrected chi connectivity index (χ2v) is 5.44. The van der Waals surface area contributed by atoms with Crippen molar-refractivity contribution in [1.29, 1.82) is 0 Å². The summed E-state index contributed by atoms with van der Waals surface area (Å²) in [6.07, 6.45) is 2.86. The van der Waals surface area contributed by atoms with Crippen LogP contribution in [0.15, 0.2) is 18.2 Å². The molecule has 1 aromatic carbocycles. The summed E-state index contributed by atoms with van der Waals surface area (Å²) in [5.41, 5.74) is 2.21. The van der Waals surface area contributed by atoms with Gasteiger partial charge in [0.2, 0.25) is 0 Å². The van der Waals surface area contributed by atoms with E-state index in [1.165, 1.54) is 0 Å². The van der Waals surface area contributed by atoms with Gasteiger partial charge in [0.15, 0.2) is 0 Å². The molecule has 2 N–H and O–H groups in total. The minimum Gasteiger partial charge on any atom is -0.490 e. The van der Waals surface area contributed by atoms with Gasteiger partial charge in [-0.1, -0.05) is 18.2 Å². The molecule has 1 rings (SSSR count). The Kier molecular flexibility index (Phi) is 9.06. The minimum absolute atomic E-state index is 0.322. The Labute approximate surface area is 128 Å². The van der Waals surface area contributed by atoms with Crippen LogP contribution >= 0.6 is 0 Å². The molecule has 0 saturated carbocycles. The summed E-state index contributed by atoms with van der Waals surface area (Å²) in [4.78, 5) is 0. The van der Waals surface area contributed by atoms with Gasteiger partial charge in [0, 0.05) is 20.3 Å². The van der Waals surface area contributed by atoms with Gasteiger partial charge >= 0.3 is 0 Å². The number of para-hydroxylation sites is 1. The first-order valence-corrected chi connectivity index (χ1v) is 7.72. The molecule has 21 heavy (non-hydrogen) atoms. The summed E-state index contributed by atoms with van der Waals surface area (Å²) < 4.78 is 10.7. The van der Waals surface area contributed by atoms with Gasteiger partial charge in [-0.25, -0.2) is 0 Å². The van der Waals surface area contributed by atoms with Gasteiger partial charge in [-0.2, -0.15) is 0 Å². The maximum absolute atomic E-state index is 9.93. The average Bonchev–Trinajstić information content (AvgIpc) is 2.46. The van der Waals surface area contributed by atoms with Crippen LogP contribution < -0.4 is 10.1 Å². The van der Waals surface area contributed by atoms with E-state index in [2.05, 4.69) is 5.32 Å². The van der Waals surface area contributed by atoms with Crippen LogP contribution in [-0.2, 0) is 4.74 Å². The third-order valence-electron chi connectivity index (χ3n) is 3.41. The van der Waals surface area contributed by atoms with E-state index in [1.54, 1.807) is 7.11 Å². The highest BCUT2D eigenvalue weighted by molar-refractivity contribution is 5.39. The van der Waals surface area contributed by atoms with E-state index >= 15 is 0 Å². The van der Waals surface area contributed by atoms with Crippen LogP contribution in [0.4, 0.5) is 0 Å². The van der Waals surface area contributed by atoms with Crippen molar-refractivity contribution in [2.45, 2.75) is 39.2 Å². The smallest absolute Gasteiger partial charge is 0.125 e. The Morgan fingerprint density at radius 2 is 1.86 bits per heavy atom. The fourth-order valence-corrected chi connectivity index (χ4v) is 2.21. The zero-order valence-electron chi connectivity index (χ0n) is 13.5. The average molecular weight is 295 g/mol. The Balaban J connectivity index is 2.12. The molecule has 120 valence electrons. The van der Waals surface area contributed by atoms with Gasteiger partial charge in [0.1, 0.15) is 18.5 Å². The highest BCUT2D eigenvalue weighted by Crippen LogP contribution is 2.22. The highest BCUT2D eigenvalue weighted by Gasteiger charge is 2.08. The van der Waals surface area contributed by atoms with Gasteiger partial charge in [-0.3, -0.25) is 0 Å². The van der Waals surface area contributed by atoms with Crippen molar-refractivity contribution in [1.82, 2.24) is 5.32 Å². The van der Waals surface area contributed by atoms with E-state index < -0.39 is 6.10 Å². The third-order valence-corrected chi connectivity index (χ3v) is 3.41. The lowest BCUT2D eigenvalue weighted by atomic mass is 10.1. The summed E-state index contributed by atoms with van der Waals surface area (Å²) in [5, 5.41) is 13.2. The molecule has 0 saturated heterocycles. The first-order chi connectivity index (χ1) is 10.1. The molecule has 0 radical (unpaired) electrons. The normalized spacial score (nSPS) is 12.4. The van der Waals surface area contributed by atoms with Crippen LogP contribution in [0.2, 0.25) is 0 Å². The van der Waals surface area contributed by atoms with Gasteiger partial charge in [-0.15, -0.1) is 0 Å². The lowest BCUT2D eigenvalue weighted by Crippen LogP contribution is -2.32. The number of hydrogen-bond donors (Lipinski definition) is 2. The molecule has 0 aliphatic rings. The summed E-state index contributed by atoms with van der Waals surface area (Å²) in [7, 11) is 1.73. The fraction of sp³-hybridized carbons (Fsp3) is 0.647. The van der Waals surface area contributed by atoms with E-state index in [1.807, 2.05) is 32.0 Å². The number of benzene rings is 1. The molecule has 4 nitrogen and oxygen atoms in total. The van der Waals surface area contributed by atoms with Crippen molar-refractivity contribution in [3.8, 4) is 5.75 Å². The molecule has 1 unspecified atom stereocenters. The number of aliphatic hydroxyl groups excluding tert-OH is 1. The summed E-state index contributed by atoms with van der Waals surface area (Å²) >= 11 is 0. The second-order valence-electron chi connectivity index (χ2n) is 5.44. The number of nitrogens with one attached hydrogen (secondary N) is 1. The molecule has 0 aromatic heterocycles. The fourth-order valence-electron chi connectivity index (χ4n) is 2.21. The van der Waals surface area contributed by atoms with Gasteiger partial charge in [0.05, 0.1) is 0 Å². The molecule has 1 atom stereocenters. The number of aryl methyl sites for hydroxylation is 2. The number of methoxy groups -OCH3 is 1. The Morgan fingerprint density at radius 3 is 2.52 bits per heavy atom. The predicted octanol–water partition coefficient (Wildman–Crippen LogP) is 2.45. The van der Waals surface area contributed by atoms with Crippen molar-refractivity contribution in [3.63, 3.8) is 0 Å². The molecule has 0 heterocycles. The summed E-state index contributed by atoms with van der Waals surface area (Å²) in [5.74, 6) is 0.885. The topological polar surface area (TPSA) is 50.7 Å². The zero-order valence-corrected chi connectivity index (χ0v) is 13.5. The van der Waals surface area contributed by atoms with E-state index in [4.69, 9.17) is 9.47 Å². The van der Waals surface area contributed by atoms with Crippen LogP contribution in [0.1, 0.15) is 30.4 Å². The van der Waals surface area contributed by atoms with Crippen molar-refractivity contribution >= 4 is 0 Å². The van der Waals surface area contributed by atoms with Gasteiger partial charge in [0.25, 0.3) is 0 Å². The molecule has 1 aromatic rings. The summed E-state index contributed by atoms with van der Waals surface area (Å²) in [6, 6.07) is 6.05. The Hall–Kier alpha value is -1.10. The standard InChI is InChI=1S/C17H29NO3/c1-14-8-7-9-15(2)17(14)21-13-16(19)12-18-10-5-4-6-11-20-3/h7-9,16,18-19H,4-6,10-13H2,1-3H3. The zero-order chi connectivity index (χ0) is 15.5. The van der Waals surface area contributed by atoms with Crippen molar-refractivity contribution in [2.75, 3.05) is 33.4 Å². The first kappa shape index (κ1) is 18.0. The van der Waals surface area contributed by atoms with E-state index in [0.717, 1.165) is 49.3 Å². The quantitative estimate of drug-likeness (QED) is 0.616. The minimum atomic E-state index is -0.483. The van der Waals surface area contributed by atoms with E-state index in [9.17, 15) is 5.11 Å². The maximum atomic E-state index is 9.93. The number of hydrogen-bond acceptors (Lipinski definition) is 4. The number of unbranched alkanes of at least 4 members (excludes halogenated alkanes) is 2. The molecular formula is C17H29NO3. The molecular weight excluding hydrogens is 266 g/mol. The molecule has 0 aliphatic heterocycles. The van der Waals surface area contributed by atoms with Crippen molar-refractivity contribution < 1.29 is 14.6 Å². The van der Waals surface area contributed by atoms with Crippen LogP contribution in [0, 0.1) is 13.8 Å². The number of ether oxygens (including phenoxy) is 2. The lowest BCUT2D eigenvalue weighted by Gasteiger charge is -2.16. The number of rotatable bonds is 11. The predicted molar refractivity (Wildman–Crippen MR) is 86.0 cm³/mol. The molecule has 0 spiro atoms. The molecule has 4 heteroatoms. The number of aliphatic hydroxyl groups is 1. The molecule has 0 aliphatic carbocycles. The van der Waals surface area contributed by atoms with Crippen LogP contribution in [0.3, 0.4) is 0 Å².